The Morgan fingerprint density at radius 2 is 1.94 bits per heavy atom. The van der Waals surface area contributed by atoms with E-state index in [0.29, 0.717) is 4.90 Å². The van der Waals surface area contributed by atoms with Crippen molar-refractivity contribution in [3.05, 3.63) is 29.8 Å². The van der Waals surface area contributed by atoms with Crippen LogP contribution >= 0.6 is 0 Å². The van der Waals surface area contributed by atoms with Crippen LogP contribution in [0.2, 0.25) is 0 Å². The molecule has 1 aliphatic rings. The first-order valence-electron chi connectivity index (χ1n) is 6.31. The summed E-state index contributed by atoms with van der Waals surface area (Å²) >= 11 is 0. The molecule has 0 aromatic heterocycles. The van der Waals surface area contributed by atoms with Crippen molar-refractivity contribution in [2.45, 2.75) is 43.7 Å². The van der Waals surface area contributed by atoms with E-state index in [0.717, 1.165) is 24.9 Å². The van der Waals surface area contributed by atoms with Crippen molar-refractivity contribution < 1.29 is 8.42 Å². The van der Waals surface area contributed by atoms with Crippen LogP contribution in [0.5, 0.6) is 0 Å². The molecule has 100 valence electrons. The molecule has 1 saturated heterocycles. The van der Waals surface area contributed by atoms with Crippen LogP contribution in [-0.4, -0.2) is 27.0 Å². The number of hydrogen-bond donors (Lipinski definition) is 2. The number of benzene rings is 1. The minimum absolute atomic E-state index is 0.0231. The lowest BCUT2D eigenvalue weighted by molar-refractivity contribution is 0.349. The molecule has 1 aliphatic heterocycles. The van der Waals surface area contributed by atoms with Crippen molar-refractivity contribution in [3.8, 4) is 0 Å². The molecule has 0 amide bonds. The lowest BCUT2D eigenvalue weighted by Crippen LogP contribution is -2.51. The molecule has 2 N–H and O–H groups in total. The van der Waals surface area contributed by atoms with Gasteiger partial charge >= 0.3 is 0 Å². The highest BCUT2D eigenvalue weighted by atomic mass is 32.2. The minimum atomic E-state index is -3.40. The van der Waals surface area contributed by atoms with Gasteiger partial charge in [0.25, 0.3) is 0 Å². The van der Waals surface area contributed by atoms with Gasteiger partial charge in [0.2, 0.25) is 10.0 Å². The molecular formula is C13H20N2O2S. The Bertz CT molecular complexity index is 496. The third-order valence-electron chi connectivity index (χ3n) is 3.40. The van der Waals surface area contributed by atoms with E-state index >= 15 is 0 Å². The molecule has 5 heteroatoms. The summed E-state index contributed by atoms with van der Waals surface area (Å²) in [5, 5.41) is 3.29. The summed E-state index contributed by atoms with van der Waals surface area (Å²) in [6.45, 7) is 4.92. The van der Waals surface area contributed by atoms with Gasteiger partial charge in [-0.15, -0.1) is 0 Å². The Morgan fingerprint density at radius 1 is 1.28 bits per heavy atom. The summed E-state index contributed by atoms with van der Waals surface area (Å²) in [6.07, 6.45) is 1.89. The average Bonchev–Trinajstić information content (AvgIpc) is 2.32. The standard InChI is InChI=1S/C13H20N2O2S/c1-10-5-7-12(8-6-10)18(16,17)15-13-4-3-9-14-11(13)2/h5-8,11,13-15H,3-4,9H2,1-2H3. The van der Waals surface area contributed by atoms with Crippen LogP contribution in [0.3, 0.4) is 0 Å². The zero-order valence-corrected chi connectivity index (χ0v) is 11.6. The summed E-state index contributed by atoms with van der Waals surface area (Å²) in [5.74, 6) is 0. The highest BCUT2D eigenvalue weighted by molar-refractivity contribution is 7.89. The Labute approximate surface area is 109 Å². The molecule has 0 bridgehead atoms. The van der Waals surface area contributed by atoms with Crippen molar-refractivity contribution in [2.75, 3.05) is 6.54 Å². The average molecular weight is 268 g/mol. The van der Waals surface area contributed by atoms with Crippen LogP contribution in [0.15, 0.2) is 29.2 Å². The first-order chi connectivity index (χ1) is 8.49. The number of rotatable bonds is 3. The number of sulfonamides is 1. The Kier molecular flexibility index (Phi) is 4.04. The third-order valence-corrected chi connectivity index (χ3v) is 4.91. The van der Waals surface area contributed by atoms with Crippen molar-refractivity contribution in [2.24, 2.45) is 0 Å². The smallest absolute Gasteiger partial charge is 0.240 e. The van der Waals surface area contributed by atoms with Gasteiger partial charge in [0.05, 0.1) is 4.90 Å². The molecule has 0 aliphatic carbocycles. The second-order valence-corrected chi connectivity index (χ2v) is 6.64. The maximum absolute atomic E-state index is 12.2. The summed E-state index contributed by atoms with van der Waals surface area (Å²) < 4.78 is 27.2. The van der Waals surface area contributed by atoms with Crippen LogP contribution in [0, 0.1) is 6.92 Å². The quantitative estimate of drug-likeness (QED) is 0.871. The van der Waals surface area contributed by atoms with Gasteiger partial charge in [-0.3, -0.25) is 0 Å². The minimum Gasteiger partial charge on any atom is -0.313 e. The van der Waals surface area contributed by atoms with E-state index in [2.05, 4.69) is 10.0 Å². The lowest BCUT2D eigenvalue weighted by Gasteiger charge is -2.30. The van der Waals surface area contributed by atoms with E-state index in [1.807, 2.05) is 26.0 Å². The number of nitrogens with one attached hydrogen (secondary N) is 2. The summed E-state index contributed by atoms with van der Waals surface area (Å²) in [6, 6.07) is 7.09. The van der Waals surface area contributed by atoms with Crippen LogP contribution in [-0.2, 0) is 10.0 Å². The lowest BCUT2D eigenvalue weighted by atomic mass is 10.0. The molecule has 0 radical (unpaired) electrons. The van der Waals surface area contributed by atoms with Crippen molar-refractivity contribution in [1.29, 1.82) is 0 Å². The zero-order chi connectivity index (χ0) is 13.2. The fourth-order valence-corrected chi connectivity index (χ4v) is 3.54. The molecule has 2 rings (SSSR count). The molecule has 2 atom stereocenters. The molecular weight excluding hydrogens is 248 g/mol. The first kappa shape index (κ1) is 13.5. The molecule has 1 heterocycles. The topological polar surface area (TPSA) is 58.2 Å². The first-order valence-corrected chi connectivity index (χ1v) is 7.80. The normalized spacial score (nSPS) is 25.0. The Hall–Kier alpha value is -0.910. The van der Waals surface area contributed by atoms with Crippen LogP contribution in [0.25, 0.3) is 0 Å². The van der Waals surface area contributed by atoms with Crippen LogP contribution < -0.4 is 10.0 Å². The SMILES string of the molecule is Cc1ccc(S(=O)(=O)NC2CCCNC2C)cc1. The predicted molar refractivity (Wildman–Crippen MR) is 72.0 cm³/mol. The molecule has 1 aromatic carbocycles. The van der Waals surface area contributed by atoms with Gasteiger partial charge in [0, 0.05) is 12.1 Å². The molecule has 0 spiro atoms. The van der Waals surface area contributed by atoms with Gasteiger partial charge in [0.15, 0.2) is 0 Å². The second-order valence-electron chi connectivity index (χ2n) is 4.93. The second kappa shape index (κ2) is 5.38. The number of piperidine rings is 1. The monoisotopic (exact) mass is 268 g/mol. The molecule has 0 saturated carbocycles. The highest BCUT2D eigenvalue weighted by Gasteiger charge is 2.26. The van der Waals surface area contributed by atoms with Gasteiger partial charge in [-0.05, 0) is 45.4 Å². The molecule has 18 heavy (non-hydrogen) atoms. The third kappa shape index (κ3) is 3.10. The zero-order valence-electron chi connectivity index (χ0n) is 10.8. The largest absolute Gasteiger partial charge is 0.313 e. The van der Waals surface area contributed by atoms with Gasteiger partial charge in [-0.1, -0.05) is 17.7 Å². The molecule has 1 fully saturated rings. The van der Waals surface area contributed by atoms with Crippen LogP contribution in [0.1, 0.15) is 25.3 Å². The van der Waals surface area contributed by atoms with E-state index in [9.17, 15) is 8.42 Å². The van der Waals surface area contributed by atoms with Gasteiger partial charge in [0.1, 0.15) is 0 Å². The van der Waals surface area contributed by atoms with Crippen LogP contribution in [0.4, 0.5) is 0 Å². The Morgan fingerprint density at radius 3 is 2.56 bits per heavy atom. The fourth-order valence-electron chi connectivity index (χ4n) is 2.19. The maximum atomic E-state index is 12.2. The molecule has 1 aromatic rings. The summed E-state index contributed by atoms with van der Waals surface area (Å²) in [4.78, 5) is 0.339. The summed E-state index contributed by atoms with van der Waals surface area (Å²) in [7, 11) is -3.40. The van der Waals surface area contributed by atoms with E-state index in [1.54, 1.807) is 12.1 Å². The maximum Gasteiger partial charge on any atom is 0.240 e. The number of hydrogen-bond acceptors (Lipinski definition) is 3. The molecule has 2 unspecified atom stereocenters. The van der Waals surface area contributed by atoms with Gasteiger partial charge in [-0.2, -0.15) is 0 Å². The number of aryl methyl sites for hydroxylation is 1. The van der Waals surface area contributed by atoms with E-state index < -0.39 is 10.0 Å². The van der Waals surface area contributed by atoms with E-state index in [1.165, 1.54) is 0 Å². The van der Waals surface area contributed by atoms with E-state index in [4.69, 9.17) is 0 Å². The predicted octanol–water partition coefficient (Wildman–Crippen LogP) is 1.41. The van der Waals surface area contributed by atoms with Gasteiger partial charge < -0.3 is 5.32 Å². The van der Waals surface area contributed by atoms with Crippen molar-refractivity contribution in [1.82, 2.24) is 10.0 Å². The highest BCUT2D eigenvalue weighted by Crippen LogP contribution is 2.14. The van der Waals surface area contributed by atoms with Crippen molar-refractivity contribution >= 4 is 10.0 Å². The fraction of sp³-hybridized carbons (Fsp3) is 0.538. The van der Waals surface area contributed by atoms with Gasteiger partial charge in [-0.25, -0.2) is 13.1 Å². The van der Waals surface area contributed by atoms with Crippen molar-refractivity contribution in [3.63, 3.8) is 0 Å². The molecule has 4 nitrogen and oxygen atoms in total. The summed E-state index contributed by atoms with van der Waals surface area (Å²) in [5.41, 5.74) is 1.06. The Balaban J connectivity index is 2.13. The van der Waals surface area contributed by atoms with E-state index in [-0.39, 0.29) is 12.1 Å².